The van der Waals surface area contributed by atoms with Gasteiger partial charge in [0.2, 0.25) is 5.91 Å². The zero-order valence-electron chi connectivity index (χ0n) is 15.0. The topological polar surface area (TPSA) is 33.2 Å². The predicted octanol–water partition coefficient (Wildman–Crippen LogP) is 5.50. The summed E-state index contributed by atoms with van der Waals surface area (Å²) < 4.78 is 2.32. The molecule has 3 aromatic rings. The van der Waals surface area contributed by atoms with Crippen molar-refractivity contribution >= 4 is 43.4 Å². The minimum absolute atomic E-state index is 0.261. The number of hydrogen-bond acceptors (Lipinski definition) is 3. The smallest absolute Gasteiger partial charge is 0.233 e. The van der Waals surface area contributed by atoms with Crippen LogP contribution in [0.3, 0.4) is 0 Å². The van der Waals surface area contributed by atoms with Gasteiger partial charge in [0, 0.05) is 23.5 Å². The zero-order valence-corrected chi connectivity index (χ0v) is 17.4. The first kappa shape index (κ1) is 17.4. The van der Waals surface area contributed by atoms with Gasteiger partial charge in [0.25, 0.3) is 0 Å². The van der Waals surface area contributed by atoms with E-state index < -0.39 is 0 Å². The van der Waals surface area contributed by atoms with Crippen LogP contribution in [0.25, 0.3) is 10.2 Å². The molecule has 1 saturated carbocycles. The number of hydrogen-bond donors (Lipinski definition) is 0. The molecule has 0 atom stereocenters. The molecule has 5 rings (SSSR count). The Labute approximate surface area is 171 Å². The second-order valence-electron chi connectivity index (χ2n) is 7.68. The molecule has 0 radical (unpaired) electrons. The number of rotatable bonds is 3. The molecule has 0 unspecified atom stereocenters. The van der Waals surface area contributed by atoms with Crippen molar-refractivity contribution in [2.24, 2.45) is 0 Å². The van der Waals surface area contributed by atoms with Gasteiger partial charge in [-0.2, -0.15) is 0 Å². The number of likely N-dealkylation sites (tertiary alicyclic amines) is 1. The van der Waals surface area contributed by atoms with E-state index >= 15 is 0 Å². The van der Waals surface area contributed by atoms with Crippen molar-refractivity contribution in [3.8, 4) is 0 Å². The van der Waals surface area contributed by atoms with E-state index in [-0.39, 0.29) is 5.41 Å². The summed E-state index contributed by atoms with van der Waals surface area (Å²) in [5.41, 5.74) is 2.01. The van der Waals surface area contributed by atoms with Crippen molar-refractivity contribution in [1.29, 1.82) is 0 Å². The molecule has 5 heteroatoms. The van der Waals surface area contributed by atoms with Gasteiger partial charge in [0.15, 0.2) is 0 Å². The summed E-state index contributed by atoms with van der Waals surface area (Å²) in [6, 6.07) is 16.6. The number of piperidine rings is 1. The minimum Gasteiger partial charge on any atom is -0.342 e. The van der Waals surface area contributed by atoms with Crippen LogP contribution in [0.4, 0.5) is 0 Å². The quantitative estimate of drug-likeness (QED) is 0.538. The Bertz CT molecular complexity index is 952. The SMILES string of the molecule is O=C(N1CCC(c2nc3ccccc3s2)CC1)C1(c2ccc(Br)cc2)CC1. The number of amides is 1. The van der Waals surface area contributed by atoms with Crippen molar-refractivity contribution in [3.05, 3.63) is 63.6 Å². The fraction of sp³-hybridized carbons (Fsp3) is 0.364. The normalized spacial score (nSPS) is 19.4. The second-order valence-corrected chi connectivity index (χ2v) is 9.65. The van der Waals surface area contributed by atoms with Crippen molar-refractivity contribution in [1.82, 2.24) is 9.88 Å². The van der Waals surface area contributed by atoms with Gasteiger partial charge in [0.05, 0.1) is 20.6 Å². The average Bonchev–Trinajstić information content (AvgIpc) is 3.40. The molecule has 138 valence electrons. The molecule has 2 aromatic carbocycles. The molecule has 1 aliphatic heterocycles. The Hall–Kier alpha value is -1.72. The van der Waals surface area contributed by atoms with Crippen LogP contribution in [0.1, 0.15) is 42.2 Å². The first-order valence-electron chi connectivity index (χ1n) is 9.57. The minimum atomic E-state index is -0.261. The number of nitrogens with zero attached hydrogens (tertiary/aromatic N) is 2. The number of halogens is 1. The molecule has 1 amide bonds. The molecule has 2 aliphatic rings. The highest BCUT2D eigenvalue weighted by Gasteiger charge is 2.53. The third-order valence-electron chi connectivity index (χ3n) is 6.00. The van der Waals surface area contributed by atoms with E-state index in [9.17, 15) is 4.79 Å². The predicted molar refractivity (Wildman–Crippen MR) is 113 cm³/mol. The van der Waals surface area contributed by atoms with Crippen molar-refractivity contribution in [2.45, 2.75) is 37.0 Å². The van der Waals surface area contributed by atoms with Gasteiger partial charge in [-0.05, 0) is 55.5 Å². The maximum absolute atomic E-state index is 13.3. The van der Waals surface area contributed by atoms with Crippen LogP contribution in [-0.2, 0) is 10.2 Å². The van der Waals surface area contributed by atoms with E-state index in [4.69, 9.17) is 4.98 Å². The van der Waals surface area contributed by atoms with Crippen LogP contribution >= 0.6 is 27.3 Å². The summed E-state index contributed by atoms with van der Waals surface area (Å²) in [6.07, 6.45) is 3.99. The summed E-state index contributed by atoms with van der Waals surface area (Å²) in [6.45, 7) is 1.69. The number of benzene rings is 2. The molecule has 0 spiro atoms. The number of fused-ring (bicyclic) bond motifs is 1. The van der Waals surface area contributed by atoms with E-state index in [1.54, 1.807) is 0 Å². The van der Waals surface area contributed by atoms with Gasteiger partial charge in [-0.1, -0.05) is 40.2 Å². The molecule has 1 aliphatic carbocycles. The third-order valence-corrected chi connectivity index (χ3v) is 7.73. The van der Waals surface area contributed by atoms with Crippen LogP contribution in [-0.4, -0.2) is 28.9 Å². The molecule has 0 bridgehead atoms. The largest absolute Gasteiger partial charge is 0.342 e. The van der Waals surface area contributed by atoms with Gasteiger partial charge in [-0.3, -0.25) is 4.79 Å². The summed E-state index contributed by atoms with van der Waals surface area (Å²) in [5.74, 6) is 0.807. The van der Waals surface area contributed by atoms with Gasteiger partial charge in [-0.15, -0.1) is 11.3 Å². The molecule has 27 heavy (non-hydrogen) atoms. The van der Waals surface area contributed by atoms with Crippen molar-refractivity contribution in [2.75, 3.05) is 13.1 Å². The summed E-state index contributed by atoms with van der Waals surface area (Å²) in [7, 11) is 0. The lowest BCUT2D eigenvalue weighted by atomic mass is 9.91. The van der Waals surface area contributed by atoms with E-state index in [0.717, 1.165) is 48.8 Å². The molecular weight excluding hydrogens is 420 g/mol. The Morgan fingerprint density at radius 3 is 2.44 bits per heavy atom. The number of para-hydroxylation sites is 1. The van der Waals surface area contributed by atoms with Crippen LogP contribution < -0.4 is 0 Å². The highest BCUT2D eigenvalue weighted by molar-refractivity contribution is 9.10. The Kier molecular flexibility index (Phi) is 4.32. The van der Waals surface area contributed by atoms with Crippen molar-refractivity contribution in [3.63, 3.8) is 0 Å². The first-order valence-corrected chi connectivity index (χ1v) is 11.2. The fourth-order valence-corrected chi connectivity index (χ4v) is 5.62. The highest BCUT2D eigenvalue weighted by atomic mass is 79.9. The lowest BCUT2D eigenvalue weighted by Crippen LogP contribution is -2.43. The lowest BCUT2D eigenvalue weighted by Gasteiger charge is -2.34. The average molecular weight is 441 g/mol. The van der Waals surface area contributed by atoms with Crippen LogP contribution in [0, 0.1) is 0 Å². The molecular formula is C22H21BrN2OS. The Morgan fingerprint density at radius 1 is 1.07 bits per heavy atom. The van der Waals surface area contributed by atoms with E-state index in [1.807, 2.05) is 29.5 Å². The second kappa shape index (κ2) is 6.71. The summed E-state index contributed by atoms with van der Waals surface area (Å²) >= 11 is 5.30. The molecule has 2 fully saturated rings. The molecule has 1 aromatic heterocycles. The van der Waals surface area contributed by atoms with Gasteiger partial charge in [-0.25, -0.2) is 4.98 Å². The van der Waals surface area contributed by atoms with E-state index in [1.165, 1.54) is 15.3 Å². The maximum atomic E-state index is 13.3. The van der Waals surface area contributed by atoms with Crippen molar-refractivity contribution < 1.29 is 4.79 Å². The Balaban J connectivity index is 1.29. The van der Waals surface area contributed by atoms with E-state index in [0.29, 0.717) is 11.8 Å². The number of thiazole rings is 1. The summed E-state index contributed by atoms with van der Waals surface area (Å²) in [5, 5.41) is 1.23. The number of aromatic nitrogens is 1. The monoisotopic (exact) mass is 440 g/mol. The fourth-order valence-electron chi connectivity index (χ4n) is 4.22. The molecule has 3 nitrogen and oxygen atoms in total. The highest BCUT2D eigenvalue weighted by Crippen LogP contribution is 2.50. The Morgan fingerprint density at radius 2 is 1.78 bits per heavy atom. The maximum Gasteiger partial charge on any atom is 0.233 e. The number of carbonyl (C=O) groups is 1. The first-order chi connectivity index (χ1) is 13.2. The van der Waals surface area contributed by atoms with E-state index in [2.05, 4.69) is 51.2 Å². The van der Waals surface area contributed by atoms with Crippen LogP contribution in [0.15, 0.2) is 53.0 Å². The summed E-state index contributed by atoms with van der Waals surface area (Å²) in [4.78, 5) is 20.2. The van der Waals surface area contributed by atoms with Gasteiger partial charge < -0.3 is 4.90 Å². The standard InChI is InChI=1S/C22H21BrN2OS/c23-17-7-5-16(6-8-17)22(11-12-22)21(26)25-13-9-15(10-14-25)20-24-18-3-1-2-4-19(18)27-20/h1-8,15H,9-14H2. The molecule has 2 heterocycles. The molecule has 0 N–H and O–H groups in total. The van der Waals surface area contributed by atoms with Crippen LogP contribution in [0.2, 0.25) is 0 Å². The van der Waals surface area contributed by atoms with Crippen LogP contribution in [0.5, 0.6) is 0 Å². The zero-order chi connectivity index (χ0) is 18.4. The molecule has 1 saturated heterocycles. The lowest BCUT2D eigenvalue weighted by molar-refractivity contribution is -0.135. The van der Waals surface area contributed by atoms with Gasteiger partial charge in [0.1, 0.15) is 0 Å². The number of carbonyl (C=O) groups excluding carboxylic acids is 1. The third kappa shape index (κ3) is 3.11. The van der Waals surface area contributed by atoms with Gasteiger partial charge >= 0.3 is 0 Å².